The number of hydrogen-bond donors (Lipinski definition) is 0. The molecule has 0 aliphatic heterocycles. The topological polar surface area (TPSA) is 0 Å². The fourth-order valence-corrected chi connectivity index (χ4v) is 0. The number of hydrogen-bond acceptors (Lipinski definition) is 0. The van der Waals surface area contributed by atoms with Gasteiger partial charge in [0.25, 0.3) is 0 Å². The Bertz CT molecular complexity index is 38.3. The van der Waals surface area contributed by atoms with Crippen LogP contribution < -0.4 is 0 Å². The fraction of sp³-hybridized carbons (Fsp3) is 0. The first kappa shape index (κ1) is 21.8. The molecule has 0 N–H and O–H groups in total. The normalized spacial score (nSPS) is 11.2. The molecule has 0 aliphatic carbocycles. The molecule has 0 saturated heterocycles. The molecule has 0 aromatic heterocycles. The molecule has 0 bridgehead atoms. The molecule has 0 radical (unpaired) electrons. The zero-order chi connectivity index (χ0) is 10.7. The van der Waals surface area contributed by atoms with Crippen molar-refractivity contribution in [1.29, 1.82) is 0 Å². The second-order valence-corrected chi connectivity index (χ2v) is 35.8. The Morgan fingerprint density at radius 2 is 0.333 bits per heavy atom. The summed E-state index contributed by atoms with van der Waals surface area (Å²) in [6.45, 7) is 0. The third-order valence-electron chi connectivity index (χ3n) is 0. The standard InChI is InChI=1S/9ClH.3Re/h9*1H;;;/q;;;;;;;;;3*+3/p-9. The van der Waals surface area contributed by atoms with Crippen LogP contribution in [-0.2, 0) is 41.1 Å². The van der Waals surface area contributed by atoms with Crippen molar-refractivity contribution in [3.63, 3.8) is 0 Å². The first-order chi connectivity index (χ1) is 5.20. The zero-order valence-electron chi connectivity index (χ0n) is 4.54. The van der Waals surface area contributed by atoms with Crippen molar-refractivity contribution in [3.05, 3.63) is 0 Å². The molecular formula is Cl9Re3. The minimum atomic E-state index is -2.05. The van der Waals surface area contributed by atoms with Crippen molar-refractivity contribution in [3.8, 4) is 0 Å². The van der Waals surface area contributed by atoms with E-state index in [0.29, 0.717) is 0 Å². The van der Waals surface area contributed by atoms with Gasteiger partial charge in [-0.25, -0.2) is 0 Å². The number of rotatable bonds is 0. The predicted octanol–water partition coefficient (Wildman–Crippen LogP) is 6.20. The SMILES string of the molecule is [Cl][Re]([Cl])[Cl].[Cl][Re]([Cl])[Cl].[Cl][Re]([Cl])[Cl]. The van der Waals surface area contributed by atoms with E-state index >= 15 is 0 Å². The van der Waals surface area contributed by atoms with Gasteiger partial charge in [0.1, 0.15) is 0 Å². The van der Waals surface area contributed by atoms with E-state index in [-0.39, 0.29) is 0 Å². The third-order valence-corrected chi connectivity index (χ3v) is 0. The van der Waals surface area contributed by atoms with Crippen LogP contribution in [0.15, 0.2) is 0 Å². The van der Waals surface area contributed by atoms with Gasteiger partial charge in [-0.3, -0.25) is 0 Å². The van der Waals surface area contributed by atoms with Gasteiger partial charge in [-0.05, 0) is 0 Å². The number of halogens is 9. The predicted molar refractivity (Wildman–Crippen MR) is 52.7 cm³/mol. The Morgan fingerprint density at radius 1 is 0.333 bits per heavy atom. The van der Waals surface area contributed by atoms with E-state index in [1.54, 1.807) is 0 Å². The summed E-state index contributed by atoms with van der Waals surface area (Å²) in [5, 5.41) is 0. The summed E-state index contributed by atoms with van der Waals surface area (Å²) in [4.78, 5) is 0. The van der Waals surface area contributed by atoms with Crippen LogP contribution in [0, 0.1) is 0 Å². The van der Waals surface area contributed by atoms with Gasteiger partial charge in [0.05, 0.1) is 0 Å². The summed E-state index contributed by atoms with van der Waals surface area (Å²) < 4.78 is 0. The molecule has 0 spiro atoms. The molecule has 0 rings (SSSR count). The van der Waals surface area contributed by atoms with E-state index in [0.717, 1.165) is 0 Å². The van der Waals surface area contributed by atoms with E-state index in [2.05, 4.69) is 0 Å². The molecule has 0 amide bonds. The molecule has 0 aliphatic rings. The maximum absolute atomic E-state index is 4.99. The van der Waals surface area contributed by atoms with Gasteiger partial charge < -0.3 is 0 Å². The Balaban J connectivity index is -0.000000101. The average molecular weight is 878 g/mol. The quantitative estimate of drug-likeness (QED) is 0.273. The molecule has 0 unspecified atom stereocenters. The summed E-state index contributed by atoms with van der Waals surface area (Å²) in [5.41, 5.74) is 0. The Labute approximate surface area is 124 Å². The van der Waals surface area contributed by atoms with Crippen molar-refractivity contribution in [1.82, 2.24) is 0 Å². The summed E-state index contributed by atoms with van der Waals surface area (Å²) in [7, 11) is 44.9. The maximum atomic E-state index is 4.99. The van der Waals surface area contributed by atoms with Crippen LogP contribution in [-0.4, -0.2) is 0 Å². The van der Waals surface area contributed by atoms with Gasteiger partial charge in [0, 0.05) is 0 Å². The molecule has 12 heteroatoms. The van der Waals surface area contributed by atoms with Crippen molar-refractivity contribution in [2.75, 3.05) is 0 Å². The van der Waals surface area contributed by atoms with Crippen LogP contribution in [0.5, 0.6) is 0 Å². The van der Waals surface area contributed by atoms with Gasteiger partial charge in [-0.15, -0.1) is 0 Å². The van der Waals surface area contributed by atoms with Crippen LogP contribution in [0.2, 0.25) is 0 Å². The molecule has 0 atom stereocenters. The van der Waals surface area contributed by atoms with Gasteiger partial charge in [0.15, 0.2) is 0 Å². The van der Waals surface area contributed by atoms with Crippen LogP contribution in [0.1, 0.15) is 0 Å². The third kappa shape index (κ3) is 128. The van der Waals surface area contributed by atoms with Crippen LogP contribution >= 0.6 is 85.8 Å². The molecule has 0 nitrogen and oxygen atoms in total. The molecule has 0 aromatic carbocycles. The van der Waals surface area contributed by atoms with Crippen molar-refractivity contribution >= 4 is 85.8 Å². The van der Waals surface area contributed by atoms with Crippen molar-refractivity contribution < 1.29 is 41.1 Å². The van der Waals surface area contributed by atoms with Crippen LogP contribution in [0.3, 0.4) is 0 Å². The minimum absolute atomic E-state index is 2.05. The summed E-state index contributed by atoms with van der Waals surface area (Å²) >= 11 is -6.14. The molecule has 0 saturated carbocycles. The second kappa shape index (κ2) is 18.0. The molecule has 0 heterocycles. The van der Waals surface area contributed by atoms with E-state index in [9.17, 15) is 0 Å². The van der Waals surface area contributed by atoms with Gasteiger partial charge in [-0.1, -0.05) is 0 Å². The average Bonchev–Trinajstić information content (AvgIpc) is 1.54. The molecular weight excluding hydrogens is 878 g/mol. The van der Waals surface area contributed by atoms with Crippen molar-refractivity contribution in [2.45, 2.75) is 0 Å². The van der Waals surface area contributed by atoms with Gasteiger partial charge in [0.2, 0.25) is 0 Å². The first-order valence-electron chi connectivity index (χ1n) is 1.29. The van der Waals surface area contributed by atoms with E-state index in [4.69, 9.17) is 85.8 Å². The first-order valence-corrected chi connectivity index (χ1v) is 31.6. The second-order valence-electron chi connectivity index (χ2n) is 0.486. The summed E-state index contributed by atoms with van der Waals surface area (Å²) in [5.74, 6) is 0. The van der Waals surface area contributed by atoms with E-state index in [1.807, 2.05) is 0 Å². The monoisotopic (exact) mass is 876 g/mol. The Hall–Kier alpha value is 4.60. The molecule has 0 fully saturated rings. The summed E-state index contributed by atoms with van der Waals surface area (Å²) in [6.07, 6.45) is 0. The van der Waals surface area contributed by atoms with Crippen LogP contribution in [0.4, 0.5) is 0 Å². The molecule has 12 heavy (non-hydrogen) atoms. The Morgan fingerprint density at radius 3 is 0.333 bits per heavy atom. The van der Waals surface area contributed by atoms with Gasteiger partial charge >= 0.3 is 127 Å². The van der Waals surface area contributed by atoms with Gasteiger partial charge in [-0.2, -0.15) is 0 Å². The van der Waals surface area contributed by atoms with E-state index < -0.39 is 41.1 Å². The Kier molecular flexibility index (Phi) is 32.7. The van der Waals surface area contributed by atoms with Crippen LogP contribution in [0.25, 0.3) is 0 Å². The fourth-order valence-electron chi connectivity index (χ4n) is 0. The molecule has 84 valence electrons. The van der Waals surface area contributed by atoms with Crippen molar-refractivity contribution in [2.24, 2.45) is 0 Å². The molecule has 0 aromatic rings. The zero-order valence-corrected chi connectivity index (χ0v) is 19.5. The summed E-state index contributed by atoms with van der Waals surface area (Å²) in [6, 6.07) is 0. The van der Waals surface area contributed by atoms with E-state index in [1.165, 1.54) is 0 Å².